The van der Waals surface area contributed by atoms with Gasteiger partial charge in [0.1, 0.15) is 6.61 Å². The first kappa shape index (κ1) is 37.1. The van der Waals surface area contributed by atoms with Crippen molar-refractivity contribution in [2.45, 2.75) is 33.4 Å². The first-order valence-corrected chi connectivity index (χ1v) is 17.7. The zero-order chi connectivity index (χ0) is 36.7. The third kappa shape index (κ3) is 8.10. The molecule has 1 atom stereocenters. The third-order valence-corrected chi connectivity index (χ3v) is 9.34. The number of rotatable bonds is 13. The lowest BCUT2D eigenvalue weighted by Gasteiger charge is -2.25. The van der Waals surface area contributed by atoms with Crippen molar-refractivity contribution in [2.24, 2.45) is 4.99 Å². The smallest absolute Gasteiger partial charge is 0.343 e. The van der Waals surface area contributed by atoms with Gasteiger partial charge in [-0.2, -0.15) is 5.26 Å². The van der Waals surface area contributed by atoms with E-state index >= 15 is 0 Å². The van der Waals surface area contributed by atoms with E-state index in [1.807, 2.05) is 24.3 Å². The standard InChI is InChI=1S/C37H34IN3O9S/c1-6-47-28-15-22(12-13-27(28)49-20-31(42)46-5)33-32(36(44)48-7-2)21(3)40-37-41(33)35(43)30(51-37)16-25-14-26(38)17-29(45-4)34(25)50-19-24-11-9-8-10-23(24)18-39/h8-17,33H,6-7,19-20H2,1-5H3/b30-16+/t33-/m0/s1. The van der Waals surface area contributed by atoms with Crippen molar-refractivity contribution in [2.75, 3.05) is 34.0 Å². The van der Waals surface area contributed by atoms with E-state index < -0.39 is 23.5 Å². The van der Waals surface area contributed by atoms with Crippen LogP contribution in [0.15, 0.2) is 75.7 Å². The molecule has 1 aromatic heterocycles. The van der Waals surface area contributed by atoms with Crippen LogP contribution in [0, 0.1) is 14.9 Å². The Kier molecular flexibility index (Phi) is 12.2. The van der Waals surface area contributed by atoms with Gasteiger partial charge in [0.2, 0.25) is 0 Å². The molecular weight excluding hydrogens is 789 g/mol. The number of nitrogens with zero attached hydrogens (tertiary/aromatic N) is 3. The highest BCUT2D eigenvalue weighted by molar-refractivity contribution is 14.1. The number of allylic oxidation sites excluding steroid dienone is 1. The van der Waals surface area contributed by atoms with Crippen molar-refractivity contribution >= 4 is 51.9 Å². The first-order valence-electron chi connectivity index (χ1n) is 15.8. The number of nitriles is 1. The highest BCUT2D eigenvalue weighted by Crippen LogP contribution is 2.37. The molecule has 4 aromatic rings. The molecule has 2 heterocycles. The highest BCUT2D eigenvalue weighted by Gasteiger charge is 2.34. The molecule has 0 aliphatic carbocycles. The van der Waals surface area contributed by atoms with Crippen molar-refractivity contribution in [3.63, 3.8) is 0 Å². The van der Waals surface area contributed by atoms with E-state index in [9.17, 15) is 19.6 Å². The van der Waals surface area contributed by atoms with Crippen LogP contribution in [0.5, 0.6) is 23.0 Å². The summed E-state index contributed by atoms with van der Waals surface area (Å²) in [6, 6.07) is 17.1. The number of methoxy groups -OCH3 is 2. The molecule has 3 aromatic carbocycles. The number of hydrogen-bond acceptors (Lipinski definition) is 12. The van der Waals surface area contributed by atoms with Crippen LogP contribution in [-0.2, 0) is 25.7 Å². The lowest BCUT2D eigenvalue weighted by Crippen LogP contribution is -2.40. The van der Waals surface area contributed by atoms with Crippen molar-refractivity contribution in [1.82, 2.24) is 4.57 Å². The maximum absolute atomic E-state index is 14.4. The zero-order valence-corrected chi connectivity index (χ0v) is 31.5. The van der Waals surface area contributed by atoms with Crippen LogP contribution in [-0.4, -0.2) is 50.5 Å². The Bertz CT molecular complexity index is 2240. The molecule has 0 radical (unpaired) electrons. The van der Waals surface area contributed by atoms with Crippen LogP contribution in [0.1, 0.15) is 49.1 Å². The van der Waals surface area contributed by atoms with Crippen molar-refractivity contribution in [3.05, 3.63) is 111 Å². The van der Waals surface area contributed by atoms with Crippen molar-refractivity contribution in [3.8, 4) is 29.1 Å². The number of esters is 2. The summed E-state index contributed by atoms with van der Waals surface area (Å²) in [7, 11) is 2.79. The lowest BCUT2D eigenvalue weighted by molar-refractivity contribution is -0.143. The molecular formula is C37H34IN3O9S. The SMILES string of the molecule is CCOC(=O)C1=C(C)N=c2s/c(=C/c3cc(I)cc(OC)c3OCc3ccccc3C#N)c(=O)n2[C@H]1c1ccc(OCC(=O)OC)c(OCC)c1. The summed E-state index contributed by atoms with van der Waals surface area (Å²) >= 11 is 3.32. The quantitative estimate of drug-likeness (QED) is 0.136. The zero-order valence-electron chi connectivity index (χ0n) is 28.5. The second kappa shape index (κ2) is 16.7. The van der Waals surface area contributed by atoms with Crippen molar-refractivity contribution < 1.29 is 38.0 Å². The molecule has 0 spiro atoms. The molecule has 1 aliphatic heterocycles. The van der Waals surface area contributed by atoms with Crippen LogP contribution < -0.4 is 33.8 Å². The molecule has 264 valence electrons. The van der Waals surface area contributed by atoms with Gasteiger partial charge in [-0.15, -0.1) is 0 Å². The number of aromatic nitrogens is 1. The summed E-state index contributed by atoms with van der Waals surface area (Å²) < 4.78 is 36.2. The third-order valence-electron chi connectivity index (χ3n) is 7.74. The summed E-state index contributed by atoms with van der Waals surface area (Å²) in [5.41, 5.74) is 2.47. The Morgan fingerprint density at radius 3 is 2.51 bits per heavy atom. The predicted molar refractivity (Wildman–Crippen MR) is 197 cm³/mol. The van der Waals surface area contributed by atoms with E-state index in [0.717, 1.165) is 14.9 Å². The summed E-state index contributed by atoms with van der Waals surface area (Å²) in [5, 5.41) is 9.58. The molecule has 12 nitrogen and oxygen atoms in total. The monoisotopic (exact) mass is 823 g/mol. The Morgan fingerprint density at radius 1 is 1.02 bits per heavy atom. The van der Waals surface area contributed by atoms with Crippen LogP contribution in [0.4, 0.5) is 0 Å². The molecule has 0 N–H and O–H groups in total. The minimum absolute atomic E-state index is 0.0897. The molecule has 0 amide bonds. The first-order chi connectivity index (χ1) is 24.6. The number of hydrogen-bond donors (Lipinski definition) is 0. The van der Waals surface area contributed by atoms with E-state index in [-0.39, 0.29) is 37.8 Å². The molecule has 51 heavy (non-hydrogen) atoms. The fraction of sp³-hybridized carbons (Fsp3) is 0.270. The number of halogens is 1. The van der Waals surface area contributed by atoms with Crippen LogP contribution in [0.25, 0.3) is 6.08 Å². The highest BCUT2D eigenvalue weighted by atomic mass is 127. The normalized spacial score (nSPS) is 13.8. The number of carbonyl (C=O) groups is 2. The number of ether oxygens (including phenoxy) is 6. The van der Waals surface area contributed by atoms with Gasteiger partial charge in [0.25, 0.3) is 5.56 Å². The van der Waals surface area contributed by atoms with E-state index in [1.165, 1.54) is 18.8 Å². The van der Waals surface area contributed by atoms with Gasteiger partial charge in [0.15, 0.2) is 34.4 Å². The maximum atomic E-state index is 14.4. The predicted octanol–water partition coefficient (Wildman–Crippen LogP) is 4.81. The Labute approximate surface area is 311 Å². The van der Waals surface area contributed by atoms with Gasteiger partial charge in [0.05, 0.1) is 60.9 Å². The van der Waals surface area contributed by atoms with Gasteiger partial charge in [-0.3, -0.25) is 9.36 Å². The average molecular weight is 824 g/mol. The summed E-state index contributed by atoms with van der Waals surface area (Å²) in [5.74, 6) is 0.256. The minimum atomic E-state index is -0.931. The van der Waals surface area contributed by atoms with Gasteiger partial charge in [-0.1, -0.05) is 35.6 Å². The van der Waals surface area contributed by atoms with Crippen LogP contribution >= 0.6 is 33.9 Å². The maximum Gasteiger partial charge on any atom is 0.343 e. The summed E-state index contributed by atoms with van der Waals surface area (Å²) in [6.07, 6.45) is 1.70. The molecule has 14 heteroatoms. The largest absolute Gasteiger partial charge is 0.493 e. The Balaban J connectivity index is 1.66. The number of thiazole rings is 1. The Morgan fingerprint density at radius 2 is 1.80 bits per heavy atom. The van der Waals surface area contributed by atoms with Gasteiger partial charge in [0, 0.05) is 14.7 Å². The fourth-order valence-corrected chi connectivity index (χ4v) is 7.09. The van der Waals surface area contributed by atoms with Gasteiger partial charge < -0.3 is 28.4 Å². The van der Waals surface area contributed by atoms with Crippen molar-refractivity contribution in [1.29, 1.82) is 5.26 Å². The van der Waals surface area contributed by atoms with E-state index in [1.54, 1.807) is 57.2 Å². The number of fused-ring (bicyclic) bond motifs is 1. The molecule has 0 unspecified atom stereocenters. The fourth-order valence-electron chi connectivity index (χ4n) is 5.43. The summed E-state index contributed by atoms with van der Waals surface area (Å²) in [6.45, 7) is 5.36. The van der Waals surface area contributed by atoms with Gasteiger partial charge in [-0.25, -0.2) is 14.6 Å². The van der Waals surface area contributed by atoms with E-state index in [2.05, 4.69) is 33.7 Å². The molecule has 1 aliphatic rings. The second-order valence-electron chi connectivity index (χ2n) is 10.9. The molecule has 0 bridgehead atoms. The number of benzene rings is 3. The molecule has 0 saturated carbocycles. The second-order valence-corrected chi connectivity index (χ2v) is 13.1. The number of carbonyl (C=O) groups excluding carboxylic acids is 2. The van der Waals surface area contributed by atoms with E-state index in [0.29, 0.717) is 54.5 Å². The summed E-state index contributed by atoms with van der Waals surface area (Å²) in [4.78, 5) is 44.7. The molecule has 5 rings (SSSR count). The van der Waals surface area contributed by atoms with E-state index in [4.69, 9.17) is 28.4 Å². The lowest BCUT2D eigenvalue weighted by atomic mass is 9.95. The molecule has 0 fully saturated rings. The molecule has 0 saturated heterocycles. The van der Waals surface area contributed by atoms with Gasteiger partial charge in [-0.05, 0) is 85.3 Å². The topological polar surface area (TPSA) is 148 Å². The average Bonchev–Trinajstić information content (AvgIpc) is 3.43. The minimum Gasteiger partial charge on any atom is -0.493 e. The van der Waals surface area contributed by atoms with Gasteiger partial charge >= 0.3 is 11.9 Å². The van der Waals surface area contributed by atoms with Crippen LogP contribution in [0.3, 0.4) is 0 Å². The van der Waals surface area contributed by atoms with Crippen LogP contribution in [0.2, 0.25) is 0 Å². The Hall–Kier alpha value is -5.14.